The first-order valence-electron chi connectivity index (χ1n) is 9.29. The van der Waals surface area contributed by atoms with Gasteiger partial charge in [-0.3, -0.25) is 14.2 Å². The number of carbonyl (C=O) groups excluding carboxylic acids is 1. The van der Waals surface area contributed by atoms with Gasteiger partial charge in [0.2, 0.25) is 5.91 Å². The third kappa shape index (κ3) is 3.56. The minimum atomic E-state index is -0.243. The van der Waals surface area contributed by atoms with Gasteiger partial charge < -0.3 is 4.90 Å². The van der Waals surface area contributed by atoms with Crippen LogP contribution >= 0.6 is 23.1 Å². The van der Waals surface area contributed by atoms with Gasteiger partial charge in [-0.1, -0.05) is 18.7 Å². The Bertz CT molecular complexity index is 879. The van der Waals surface area contributed by atoms with Crippen molar-refractivity contribution in [1.82, 2.24) is 14.5 Å². The van der Waals surface area contributed by atoms with E-state index in [4.69, 9.17) is 4.98 Å². The van der Waals surface area contributed by atoms with Crippen molar-refractivity contribution in [3.05, 3.63) is 20.8 Å². The van der Waals surface area contributed by atoms with Crippen molar-refractivity contribution in [3.8, 4) is 0 Å². The highest BCUT2D eigenvalue weighted by atomic mass is 32.2. The van der Waals surface area contributed by atoms with E-state index in [1.54, 1.807) is 15.9 Å². The lowest BCUT2D eigenvalue weighted by molar-refractivity contribution is -0.131. The first-order valence-corrected chi connectivity index (χ1v) is 11.0. The van der Waals surface area contributed by atoms with Crippen molar-refractivity contribution in [2.45, 2.75) is 64.4 Å². The van der Waals surface area contributed by atoms with Crippen LogP contribution in [-0.2, 0) is 11.3 Å². The molecule has 2 aromatic rings. The molecule has 26 heavy (non-hydrogen) atoms. The van der Waals surface area contributed by atoms with Crippen LogP contribution in [0.15, 0.2) is 9.95 Å². The topological polar surface area (TPSA) is 55.2 Å². The smallest absolute Gasteiger partial charge is 0.263 e. The molecule has 2 aromatic heterocycles. The molecule has 0 aromatic carbocycles. The highest BCUT2D eigenvalue weighted by Gasteiger charge is 2.27. The number of likely N-dealkylation sites (tertiary alicyclic amines) is 1. The number of hydrogen-bond donors (Lipinski definition) is 0. The number of amides is 1. The Morgan fingerprint density at radius 2 is 2.00 bits per heavy atom. The number of hydrogen-bond acceptors (Lipinski definition) is 5. The zero-order valence-electron chi connectivity index (χ0n) is 16.2. The van der Waals surface area contributed by atoms with Gasteiger partial charge in [-0.05, 0) is 52.0 Å². The van der Waals surface area contributed by atoms with Crippen molar-refractivity contribution in [3.63, 3.8) is 0 Å². The summed E-state index contributed by atoms with van der Waals surface area (Å²) in [4.78, 5) is 34.3. The molecule has 0 radical (unpaired) electrons. The van der Waals surface area contributed by atoms with Crippen LogP contribution < -0.4 is 5.56 Å². The average Bonchev–Trinajstić information content (AvgIpc) is 2.89. The van der Waals surface area contributed by atoms with Gasteiger partial charge in [-0.25, -0.2) is 4.98 Å². The van der Waals surface area contributed by atoms with E-state index in [9.17, 15) is 9.59 Å². The van der Waals surface area contributed by atoms with Gasteiger partial charge in [0.15, 0.2) is 5.16 Å². The zero-order chi connectivity index (χ0) is 19.0. The standard InChI is InChI=1S/C19H27N3O2S2/c1-6-22-18(24)15-12(3)13(4)25-16(15)20-19(22)26-14(5)17(23)21-9-7-11(2)8-10-21/h11,14H,6-10H2,1-5H3. The van der Waals surface area contributed by atoms with Crippen LogP contribution in [0.3, 0.4) is 0 Å². The molecule has 1 fully saturated rings. The summed E-state index contributed by atoms with van der Waals surface area (Å²) in [5.74, 6) is 0.846. The molecule has 0 N–H and O–H groups in total. The van der Waals surface area contributed by atoms with Crippen LogP contribution in [0, 0.1) is 19.8 Å². The highest BCUT2D eigenvalue weighted by Crippen LogP contribution is 2.30. The lowest BCUT2D eigenvalue weighted by Gasteiger charge is -2.32. The van der Waals surface area contributed by atoms with Crippen molar-refractivity contribution in [2.75, 3.05) is 13.1 Å². The Labute approximate surface area is 162 Å². The molecule has 1 aliphatic rings. The summed E-state index contributed by atoms with van der Waals surface area (Å²) in [7, 11) is 0. The van der Waals surface area contributed by atoms with E-state index in [1.807, 2.05) is 32.6 Å². The van der Waals surface area contributed by atoms with Crippen molar-refractivity contribution in [2.24, 2.45) is 5.92 Å². The fourth-order valence-corrected chi connectivity index (χ4v) is 5.50. The van der Waals surface area contributed by atoms with Gasteiger partial charge in [0, 0.05) is 24.5 Å². The Hall–Kier alpha value is -1.34. The Kier molecular flexibility index (Phi) is 5.77. The summed E-state index contributed by atoms with van der Waals surface area (Å²) < 4.78 is 1.70. The summed E-state index contributed by atoms with van der Waals surface area (Å²) in [5, 5.41) is 1.13. The molecular formula is C19H27N3O2S2. The number of piperidine rings is 1. The molecule has 0 spiro atoms. The van der Waals surface area contributed by atoms with Crippen LogP contribution in [0.25, 0.3) is 10.2 Å². The average molecular weight is 394 g/mol. The second kappa shape index (κ2) is 7.72. The van der Waals surface area contributed by atoms with Gasteiger partial charge in [-0.15, -0.1) is 11.3 Å². The number of nitrogens with zero attached hydrogens (tertiary/aromatic N) is 3. The van der Waals surface area contributed by atoms with E-state index in [-0.39, 0.29) is 16.7 Å². The predicted octanol–water partition coefficient (Wildman–Crippen LogP) is 3.83. The van der Waals surface area contributed by atoms with Crippen LogP contribution in [0.1, 0.15) is 44.1 Å². The molecule has 0 saturated carbocycles. The van der Waals surface area contributed by atoms with Crippen LogP contribution in [0.5, 0.6) is 0 Å². The molecule has 7 heteroatoms. The highest BCUT2D eigenvalue weighted by molar-refractivity contribution is 8.00. The van der Waals surface area contributed by atoms with E-state index < -0.39 is 0 Å². The minimum Gasteiger partial charge on any atom is -0.342 e. The first kappa shape index (κ1) is 19.4. The summed E-state index contributed by atoms with van der Waals surface area (Å²) in [6, 6.07) is 0. The maximum Gasteiger partial charge on any atom is 0.263 e. The van der Waals surface area contributed by atoms with E-state index >= 15 is 0 Å². The monoisotopic (exact) mass is 393 g/mol. The normalized spacial score (nSPS) is 17.0. The summed E-state index contributed by atoms with van der Waals surface area (Å²) in [5.41, 5.74) is 1.03. The fourth-order valence-electron chi connectivity index (χ4n) is 3.37. The Balaban J connectivity index is 1.88. The molecule has 1 amide bonds. The lowest BCUT2D eigenvalue weighted by Crippen LogP contribution is -2.42. The second-order valence-corrected chi connectivity index (χ2v) is 9.69. The number of thioether (sulfide) groups is 1. The molecule has 142 valence electrons. The van der Waals surface area contributed by atoms with Gasteiger partial charge in [0.1, 0.15) is 4.83 Å². The summed E-state index contributed by atoms with van der Waals surface area (Å²) >= 11 is 2.97. The fraction of sp³-hybridized carbons (Fsp3) is 0.632. The first-order chi connectivity index (χ1) is 12.3. The number of aromatic nitrogens is 2. The van der Waals surface area contributed by atoms with E-state index in [0.717, 1.165) is 46.6 Å². The predicted molar refractivity (Wildman–Crippen MR) is 109 cm³/mol. The maximum absolute atomic E-state index is 12.9. The number of rotatable bonds is 4. The lowest BCUT2D eigenvalue weighted by atomic mass is 9.99. The van der Waals surface area contributed by atoms with E-state index in [0.29, 0.717) is 17.6 Å². The summed E-state index contributed by atoms with van der Waals surface area (Å²) in [6.45, 7) is 12.3. The molecule has 0 bridgehead atoms. The SMILES string of the molecule is CCn1c(SC(C)C(=O)N2CCC(C)CC2)nc2sc(C)c(C)c2c1=O. The molecule has 0 aliphatic carbocycles. The Morgan fingerprint density at radius 1 is 1.35 bits per heavy atom. The quantitative estimate of drug-likeness (QED) is 0.585. The van der Waals surface area contributed by atoms with Crippen LogP contribution in [0.4, 0.5) is 0 Å². The number of carbonyl (C=O) groups is 1. The largest absolute Gasteiger partial charge is 0.342 e. The van der Waals surface area contributed by atoms with Gasteiger partial charge in [0.25, 0.3) is 5.56 Å². The van der Waals surface area contributed by atoms with Crippen molar-refractivity contribution < 1.29 is 4.79 Å². The molecule has 1 aliphatic heterocycles. The zero-order valence-corrected chi connectivity index (χ0v) is 17.8. The van der Waals surface area contributed by atoms with Crippen LogP contribution in [0.2, 0.25) is 0 Å². The van der Waals surface area contributed by atoms with Crippen LogP contribution in [-0.4, -0.2) is 38.7 Å². The van der Waals surface area contributed by atoms with E-state index in [2.05, 4.69) is 6.92 Å². The third-order valence-corrected chi connectivity index (χ3v) is 7.47. The molecule has 1 atom stereocenters. The molecular weight excluding hydrogens is 366 g/mol. The molecule has 3 rings (SSSR count). The van der Waals surface area contributed by atoms with Gasteiger partial charge in [0.05, 0.1) is 10.6 Å². The minimum absolute atomic E-state index is 0.00768. The van der Waals surface area contributed by atoms with E-state index in [1.165, 1.54) is 11.8 Å². The number of thiophene rings is 1. The van der Waals surface area contributed by atoms with Gasteiger partial charge in [-0.2, -0.15) is 0 Å². The number of fused-ring (bicyclic) bond motifs is 1. The molecule has 5 nitrogen and oxygen atoms in total. The van der Waals surface area contributed by atoms with Gasteiger partial charge >= 0.3 is 0 Å². The molecule has 1 saturated heterocycles. The van der Waals surface area contributed by atoms with Crippen molar-refractivity contribution >= 4 is 39.2 Å². The third-order valence-electron chi connectivity index (χ3n) is 5.30. The molecule has 3 heterocycles. The maximum atomic E-state index is 12.9. The molecule has 1 unspecified atom stereocenters. The second-order valence-electron chi connectivity index (χ2n) is 7.18. The summed E-state index contributed by atoms with van der Waals surface area (Å²) in [6.07, 6.45) is 2.14. The van der Waals surface area contributed by atoms with Crippen molar-refractivity contribution in [1.29, 1.82) is 0 Å². The number of aryl methyl sites for hydroxylation is 2. The Morgan fingerprint density at radius 3 is 2.62 bits per heavy atom.